The molecule has 0 bridgehead atoms. The van der Waals surface area contributed by atoms with Gasteiger partial charge in [0.1, 0.15) is 11.9 Å². The normalized spacial score (nSPS) is 13.3. The zero-order valence-corrected chi connectivity index (χ0v) is 11.4. The van der Waals surface area contributed by atoms with Crippen LogP contribution in [0.1, 0.15) is 22.9 Å². The summed E-state index contributed by atoms with van der Waals surface area (Å²) >= 11 is 3.15. The number of pyridine rings is 1. The Balaban J connectivity index is 2.46. The molecule has 0 aliphatic rings. The molecule has 1 aromatic heterocycles. The molecule has 106 valence electrons. The number of halogens is 5. The maximum atomic E-state index is 13.2. The Morgan fingerprint density at radius 1 is 1.20 bits per heavy atom. The van der Waals surface area contributed by atoms with E-state index in [2.05, 4.69) is 20.9 Å². The fourth-order valence-corrected chi connectivity index (χ4v) is 2.16. The van der Waals surface area contributed by atoms with Gasteiger partial charge in [-0.05, 0) is 45.8 Å². The van der Waals surface area contributed by atoms with Crippen LogP contribution in [0.15, 0.2) is 41.0 Å². The third kappa shape index (κ3) is 2.99. The van der Waals surface area contributed by atoms with Crippen LogP contribution < -0.4 is 0 Å². The molecule has 0 aliphatic heterocycles. The van der Waals surface area contributed by atoms with Gasteiger partial charge in [0.05, 0.1) is 11.3 Å². The highest BCUT2D eigenvalue weighted by Gasteiger charge is 2.34. The second-order valence-corrected chi connectivity index (χ2v) is 4.86. The molecule has 1 aromatic carbocycles. The number of aromatic nitrogens is 1. The molecule has 0 aliphatic carbocycles. The Kier molecular flexibility index (Phi) is 4.10. The lowest BCUT2D eigenvalue weighted by Gasteiger charge is -2.15. The first-order valence-electron chi connectivity index (χ1n) is 5.46. The third-order valence-corrected chi connectivity index (χ3v) is 3.33. The topological polar surface area (TPSA) is 33.1 Å². The molecule has 0 radical (unpaired) electrons. The predicted molar refractivity (Wildman–Crippen MR) is 67.4 cm³/mol. The van der Waals surface area contributed by atoms with Crippen molar-refractivity contribution in [2.24, 2.45) is 0 Å². The van der Waals surface area contributed by atoms with Crippen LogP contribution in [0.2, 0.25) is 0 Å². The zero-order chi connectivity index (χ0) is 14.9. The first kappa shape index (κ1) is 14.9. The number of aliphatic hydroxyl groups excluding tert-OH is 1. The summed E-state index contributed by atoms with van der Waals surface area (Å²) in [5.41, 5.74) is -1.34. The lowest BCUT2D eigenvalue weighted by atomic mass is 10.0. The van der Waals surface area contributed by atoms with Gasteiger partial charge in [-0.15, -0.1) is 0 Å². The molecule has 1 N–H and O–H groups in total. The highest BCUT2D eigenvalue weighted by Crippen LogP contribution is 2.34. The zero-order valence-electron chi connectivity index (χ0n) is 9.83. The number of nitrogens with zero attached hydrogens (tertiary/aromatic N) is 1. The summed E-state index contributed by atoms with van der Waals surface area (Å²) in [6.45, 7) is 0. The fraction of sp³-hybridized carbons (Fsp3) is 0.154. The fourth-order valence-electron chi connectivity index (χ4n) is 1.69. The van der Waals surface area contributed by atoms with E-state index in [1.807, 2.05) is 0 Å². The van der Waals surface area contributed by atoms with E-state index in [4.69, 9.17) is 0 Å². The molecule has 2 aromatic rings. The van der Waals surface area contributed by atoms with Crippen molar-refractivity contribution in [3.8, 4) is 0 Å². The third-order valence-electron chi connectivity index (χ3n) is 2.66. The van der Waals surface area contributed by atoms with Crippen molar-refractivity contribution >= 4 is 15.9 Å². The summed E-state index contributed by atoms with van der Waals surface area (Å²) in [6, 6.07) is 5.56. The standard InChI is InChI=1S/C13H8BrF4NO/c14-9-2-1-5-19-11(9)12(20)7-3-4-10(15)8(6-7)13(16,17)18/h1-6,12,20H. The molecule has 0 spiro atoms. The van der Waals surface area contributed by atoms with E-state index in [1.54, 1.807) is 12.1 Å². The molecule has 0 fully saturated rings. The molecular weight excluding hydrogens is 342 g/mol. The van der Waals surface area contributed by atoms with Crippen LogP contribution in [-0.2, 0) is 6.18 Å². The number of hydrogen-bond acceptors (Lipinski definition) is 2. The number of alkyl halides is 3. The van der Waals surface area contributed by atoms with E-state index in [0.29, 0.717) is 16.6 Å². The average Bonchev–Trinajstić information content (AvgIpc) is 2.37. The highest BCUT2D eigenvalue weighted by atomic mass is 79.9. The van der Waals surface area contributed by atoms with Crippen molar-refractivity contribution in [2.45, 2.75) is 12.3 Å². The van der Waals surface area contributed by atoms with Crippen molar-refractivity contribution in [1.82, 2.24) is 4.98 Å². The van der Waals surface area contributed by atoms with Crippen LogP contribution in [0.4, 0.5) is 17.6 Å². The SMILES string of the molecule is OC(c1ccc(F)c(C(F)(F)F)c1)c1ncccc1Br. The quantitative estimate of drug-likeness (QED) is 0.828. The second kappa shape index (κ2) is 5.49. The highest BCUT2D eigenvalue weighted by molar-refractivity contribution is 9.10. The van der Waals surface area contributed by atoms with E-state index >= 15 is 0 Å². The largest absolute Gasteiger partial charge is 0.419 e. The van der Waals surface area contributed by atoms with Gasteiger partial charge in [0.15, 0.2) is 0 Å². The molecule has 7 heteroatoms. The van der Waals surface area contributed by atoms with Crippen molar-refractivity contribution in [3.63, 3.8) is 0 Å². The van der Waals surface area contributed by atoms with Crippen molar-refractivity contribution in [1.29, 1.82) is 0 Å². The Morgan fingerprint density at radius 2 is 1.90 bits per heavy atom. The van der Waals surface area contributed by atoms with Gasteiger partial charge in [0.25, 0.3) is 0 Å². The summed E-state index contributed by atoms with van der Waals surface area (Å²) in [5, 5.41) is 10.1. The van der Waals surface area contributed by atoms with Crippen LogP contribution in [0.3, 0.4) is 0 Å². The van der Waals surface area contributed by atoms with Crippen LogP contribution >= 0.6 is 15.9 Å². The van der Waals surface area contributed by atoms with Gasteiger partial charge in [0, 0.05) is 10.7 Å². The molecule has 1 atom stereocenters. The lowest BCUT2D eigenvalue weighted by molar-refractivity contribution is -0.140. The van der Waals surface area contributed by atoms with Gasteiger partial charge in [-0.3, -0.25) is 4.98 Å². The summed E-state index contributed by atoms with van der Waals surface area (Å²) in [5.74, 6) is -1.38. The summed E-state index contributed by atoms with van der Waals surface area (Å²) in [6.07, 6.45) is -4.80. The predicted octanol–water partition coefficient (Wildman–Crippen LogP) is 4.08. The van der Waals surface area contributed by atoms with Gasteiger partial charge in [-0.2, -0.15) is 13.2 Å². The van der Waals surface area contributed by atoms with Gasteiger partial charge < -0.3 is 5.11 Å². The van der Waals surface area contributed by atoms with E-state index in [1.165, 1.54) is 6.20 Å². The monoisotopic (exact) mass is 349 g/mol. The molecule has 20 heavy (non-hydrogen) atoms. The molecule has 2 rings (SSSR count). The summed E-state index contributed by atoms with van der Waals surface area (Å²) in [4.78, 5) is 3.90. The number of aliphatic hydroxyl groups is 1. The van der Waals surface area contributed by atoms with Crippen molar-refractivity contribution < 1.29 is 22.7 Å². The summed E-state index contributed by atoms with van der Waals surface area (Å²) < 4.78 is 51.5. The second-order valence-electron chi connectivity index (χ2n) is 4.01. The van der Waals surface area contributed by atoms with Crippen LogP contribution in [0.5, 0.6) is 0 Å². The Bertz CT molecular complexity index is 630. The Labute approximate surface area is 120 Å². The van der Waals surface area contributed by atoms with Gasteiger partial charge in [-0.25, -0.2) is 4.39 Å². The molecule has 1 unspecified atom stereocenters. The van der Waals surface area contributed by atoms with E-state index in [9.17, 15) is 22.7 Å². The van der Waals surface area contributed by atoms with Gasteiger partial charge >= 0.3 is 6.18 Å². The molecule has 2 nitrogen and oxygen atoms in total. The van der Waals surface area contributed by atoms with Gasteiger partial charge in [-0.1, -0.05) is 6.07 Å². The minimum Gasteiger partial charge on any atom is -0.382 e. The Hall–Kier alpha value is -1.47. The molecule has 0 saturated carbocycles. The first-order valence-corrected chi connectivity index (χ1v) is 6.25. The number of hydrogen-bond donors (Lipinski definition) is 1. The van der Waals surface area contributed by atoms with Crippen molar-refractivity contribution in [2.75, 3.05) is 0 Å². The van der Waals surface area contributed by atoms with E-state index in [0.717, 1.165) is 6.07 Å². The smallest absolute Gasteiger partial charge is 0.382 e. The maximum Gasteiger partial charge on any atom is 0.419 e. The molecule has 0 amide bonds. The maximum absolute atomic E-state index is 13.2. The Morgan fingerprint density at radius 3 is 2.50 bits per heavy atom. The van der Waals surface area contributed by atoms with Crippen LogP contribution in [0.25, 0.3) is 0 Å². The molecular formula is C13H8BrF4NO. The van der Waals surface area contributed by atoms with Crippen LogP contribution in [-0.4, -0.2) is 10.1 Å². The van der Waals surface area contributed by atoms with Gasteiger partial charge in [0.2, 0.25) is 0 Å². The van der Waals surface area contributed by atoms with Crippen LogP contribution in [0, 0.1) is 5.82 Å². The van der Waals surface area contributed by atoms with Crippen molar-refractivity contribution in [3.05, 3.63) is 63.6 Å². The lowest BCUT2D eigenvalue weighted by Crippen LogP contribution is -2.11. The minimum atomic E-state index is -4.82. The first-order chi connectivity index (χ1) is 9.30. The molecule has 1 heterocycles. The minimum absolute atomic E-state index is 0.0851. The number of benzene rings is 1. The summed E-state index contributed by atoms with van der Waals surface area (Å²) in [7, 11) is 0. The van der Waals surface area contributed by atoms with E-state index < -0.39 is 23.7 Å². The average molecular weight is 350 g/mol. The number of rotatable bonds is 2. The van der Waals surface area contributed by atoms with E-state index in [-0.39, 0.29) is 11.3 Å². The molecule has 0 saturated heterocycles.